The third-order valence-electron chi connectivity index (χ3n) is 6.90. The summed E-state index contributed by atoms with van der Waals surface area (Å²) in [6.07, 6.45) is 4.69. The Hall–Kier alpha value is -3.74. The van der Waals surface area contributed by atoms with Gasteiger partial charge in [-0.25, -0.2) is 0 Å². The van der Waals surface area contributed by atoms with Crippen molar-refractivity contribution in [3.05, 3.63) is 89.5 Å². The predicted molar refractivity (Wildman–Crippen MR) is 147 cm³/mol. The summed E-state index contributed by atoms with van der Waals surface area (Å²) in [7, 11) is 0. The Morgan fingerprint density at radius 3 is 2.44 bits per heavy atom. The first-order valence-electron chi connectivity index (χ1n) is 12.6. The molecule has 6 nitrogen and oxygen atoms in total. The number of likely N-dealkylation sites (tertiary alicyclic amines) is 1. The van der Waals surface area contributed by atoms with Gasteiger partial charge in [0.2, 0.25) is 0 Å². The fraction of sp³-hybridized carbons (Fsp3) is 0.267. The Morgan fingerprint density at radius 1 is 0.917 bits per heavy atom. The maximum atomic E-state index is 11.0. The van der Waals surface area contributed by atoms with E-state index >= 15 is 0 Å². The molecule has 5 rings (SSSR count). The molecule has 0 spiro atoms. The molecule has 4 aromatic carbocycles. The maximum Gasteiger partial charge on any atom is 0.125 e. The van der Waals surface area contributed by atoms with Crippen molar-refractivity contribution < 1.29 is 10.2 Å². The predicted octanol–water partition coefficient (Wildman–Crippen LogP) is 5.50. The number of fused-ring (bicyclic) bond motifs is 3. The lowest BCUT2D eigenvalue weighted by Gasteiger charge is -2.26. The van der Waals surface area contributed by atoms with Gasteiger partial charge in [0, 0.05) is 18.5 Å². The van der Waals surface area contributed by atoms with Crippen LogP contribution in [0.1, 0.15) is 48.5 Å². The third-order valence-corrected chi connectivity index (χ3v) is 6.90. The largest absolute Gasteiger partial charge is 0.508 e. The number of benzene rings is 4. The monoisotopic (exact) mass is 480 g/mol. The van der Waals surface area contributed by atoms with Crippen molar-refractivity contribution in [1.82, 2.24) is 4.90 Å². The van der Waals surface area contributed by atoms with Gasteiger partial charge < -0.3 is 15.9 Å². The number of hydrogen-bond acceptors (Lipinski definition) is 5. The standard InChI is InChI=1S/C30H32N4O2/c31-30(33-32-19-21-12-13-28(35)23(16-21)20-34-14-6-1-7-15-34)18-29(36)27-17-22-8-2-3-9-24(22)25-10-4-5-11-26(25)27/h2-5,8-13,16-17,19,29,35-36H,1,6-7,14-15,18,20H2,(H2,31,33)/b32-19+. The van der Waals surface area contributed by atoms with Crippen LogP contribution in [0.2, 0.25) is 0 Å². The molecule has 0 aliphatic carbocycles. The van der Waals surface area contributed by atoms with Gasteiger partial charge in [-0.2, -0.15) is 5.10 Å². The zero-order valence-electron chi connectivity index (χ0n) is 20.3. The van der Waals surface area contributed by atoms with Crippen LogP contribution < -0.4 is 5.73 Å². The first-order chi connectivity index (χ1) is 17.6. The van der Waals surface area contributed by atoms with E-state index in [1.165, 1.54) is 19.3 Å². The summed E-state index contributed by atoms with van der Waals surface area (Å²) in [5.74, 6) is 0.551. The number of nitrogens with zero attached hydrogens (tertiary/aromatic N) is 3. The Kier molecular flexibility index (Phi) is 7.26. The molecule has 1 heterocycles. The van der Waals surface area contributed by atoms with Crippen LogP contribution in [0.5, 0.6) is 5.75 Å². The number of aromatic hydroxyl groups is 1. The van der Waals surface area contributed by atoms with Gasteiger partial charge in [-0.15, -0.1) is 5.10 Å². The number of phenolic OH excluding ortho intramolecular Hbond substituents is 1. The number of piperidine rings is 1. The van der Waals surface area contributed by atoms with Crippen LogP contribution >= 0.6 is 0 Å². The topological polar surface area (TPSA) is 94.4 Å². The molecule has 1 aliphatic heterocycles. The van der Waals surface area contributed by atoms with E-state index in [1.807, 2.05) is 42.5 Å². The van der Waals surface area contributed by atoms with Crippen molar-refractivity contribution in [2.24, 2.45) is 15.9 Å². The van der Waals surface area contributed by atoms with Crippen LogP contribution in [0, 0.1) is 0 Å². The fourth-order valence-electron chi connectivity index (χ4n) is 5.05. The van der Waals surface area contributed by atoms with Crippen LogP contribution in [0.15, 0.2) is 83.0 Å². The zero-order valence-corrected chi connectivity index (χ0v) is 20.3. The van der Waals surface area contributed by atoms with Gasteiger partial charge in [0.1, 0.15) is 11.6 Å². The Morgan fingerprint density at radius 2 is 1.64 bits per heavy atom. The number of hydrogen-bond donors (Lipinski definition) is 3. The lowest BCUT2D eigenvalue weighted by Crippen LogP contribution is -2.29. The SMILES string of the molecule is N/C(CC(O)c1cc2ccccc2c2ccccc12)=N\N=C\c1ccc(O)c(CN2CCCCC2)c1. The van der Waals surface area contributed by atoms with Gasteiger partial charge in [0.15, 0.2) is 0 Å². The van der Waals surface area contributed by atoms with Gasteiger partial charge in [-0.1, -0.05) is 55.0 Å². The smallest absolute Gasteiger partial charge is 0.125 e. The Balaban J connectivity index is 1.30. The highest BCUT2D eigenvalue weighted by atomic mass is 16.3. The quantitative estimate of drug-likeness (QED) is 0.141. The highest BCUT2D eigenvalue weighted by Crippen LogP contribution is 2.33. The van der Waals surface area contributed by atoms with Crippen molar-refractivity contribution in [1.29, 1.82) is 0 Å². The molecule has 36 heavy (non-hydrogen) atoms. The summed E-state index contributed by atoms with van der Waals surface area (Å²) >= 11 is 0. The van der Waals surface area contributed by atoms with Gasteiger partial charge >= 0.3 is 0 Å². The van der Waals surface area contributed by atoms with Crippen molar-refractivity contribution in [3.8, 4) is 5.75 Å². The van der Waals surface area contributed by atoms with Crippen molar-refractivity contribution in [2.45, 2.75) is 38.3 Å². The molecule has 1 atom stereocenters. The molecule has 0 radical (unpaired) electrons. The minimum Gasteiger partial charge on any atom is -0.508 e. The number of amidine groups is 1. The lowest BCUT2D eigenvalue weighted by molar-refractivity contribution is 0.187. The minimum atomic E-state index is -0.803. The average molecular weight is 481 g/mol. The minimum absolute atomic E-state index is 0.176. The second kappa shape index (κ2) is 10.9. The van der Waals surface area contributed by atoms with Gasteiger partial charge in [0.05, 0.1) is 12.3 Å². The lowest BCUT2D eigenvalue weighted by atomic mass is 9.93. The highest BCUT2D eigenvalue weighted by Gasteiger charge is 2.16. The molecule has 1 unspecified atom stereocenters. The average Bonchev–Trinajstić information content (AvgIpc) is 2.90. The van der Waals surface area contributed by atoms with E-state index in [2.05, 4.69) is 33.3 Å². The number of nitrogens with two attached hydrogens (primary N) is 1. The van der Waals surface area contributed by atoms with Crippen LogP contribution in [-0.4, -0.2) is 40.3 Å². The Labute approximate surface area is 211 Å². The summed E-state index contributed by atoms with van der Waals surface area (Å²) < 4.78 is 0. The number of aliphatic hydroxyl groups is 1. The summed E-state index contributed by atoms with van der Waals surface area (Å²) in [5.41, 5.74) is 8.70. The van der Waals surface area contributed by atoms with Crippen molar-refractivity contribution in [2.75, 3.05) is 13.1 Å². The van der Waals surface area contributed by atoms with Crippen LogP contribution in [-0.2, 0) is 6.54 Å². The maximum absolute atomic E-state index is 11.0. The summed E-state index contributed by atoms with van der Waals surface area (Å²) in [6, 6.07) is 23.7. The summed E-state index contributed by atoms with van der Waals surface area (Å²) in [4.78, 5) is 2.37. The molecule has 0 bridgehead atoms. The van der Waals surface area contributed by atoms with E-state index in [0.717, 1.165) is 57.9 Å². The summed E-state index contributed by atoms with van der Waals surface area (Å²) in [6.45, 7) is 2.85. The zero-order chi connectivity index (χ0) is 24.9. The van der Waals surface area contributed by atoms with Gasteiger partial charge in [0.25, 0.3) is 0 Å². The van der Waals surface area contributed by atoms with E-state index in [4.69, 9.17) is 5.73 Å². The molecule has 4 aromatic rings. The first-order valence-corrected chi connectivity index (χ1v) is 12.6. The molecule has 0 aromatic heterocycles. The second-order valence-corrected chi connectivity index (χ2v) is 9.51. The molecular formula is C30H32N4O2. The van der Waals surface area contributed by atoms with E-state index in [0.29, 0.717) is 5.75 Å². The van der Waals surface area contributed by atoms with E-state index in [9.17, 15) is 10.2 Å². The first kappa shape index (κ1) is 24.0. The van der Waals surface area contributed by atoms with Crippen molar-refractivity contribution >= 4 is 33.6 Å². The van der Waals surface area contributed by atoms with Gasteiger partial charge in [-0.05, 0) is 82.9 Å². The molecule has 6 heteroatoms. The van der Waals surface area contributed by atoms with Crippen LogP contribution in [0.4, 0.5) is 0 Å². The molecule has 1 saturated heterocycles. The molecule has 0 amide bonds. The van der Waals surface area contributed by atoms with Crippen molar-refractivity contribution in [3.63, 3.8) is 0 Å². The van der Waals surface area contributed by atoms with Crippen LogP contribution in [0.3, 0.4) is 0 Å². The number of aliphatic hydroxyl groups excluding tert-OH is 1. The molecule has 0 saturated carbocycles. The van der Waals surface area contributed by atoms with Crippen LogP contribution in [0.25, 0.3) is 21.5 Å². The normalized spacial score (nSPS) is 16.2. The Bertz CT molecular complexity index is 1420. The number of phenols is 1. The van der Waals surface area contributed by atoms with E-state index in [-0.39, 0.29) is 12.3 Å². The molecular weight excluding hydrogens is 448 g/mol. The second-order valence-electron chi connectivity index (χ2n) is 9.51. The van der Waals surface area contributed by atoms with E-state index in [1.54, 1.807) is 18.3 Å². The fourth-order valence-corrected chi connectivity index (χ4v) is 5.05. The molecule has 1 fully saturated rings. The number of rotatable bonds is 7. The molecule has 4 N–H and O–H groups in total. The molecule has 1 aliphatic rings. The van der Waals surface area contributed by atoms with Gasteiger partial charge in [-0.3, -0.25) is 4.90 Å². The molecule has 184 valence electrons. The van der Waals surface area contributed by atoms with E-state index < -0.39 is 6.10 Å². The summed E-state index contributed by atoms with van der Waals surface area (Å²) in [5, 5.41) is 33.9. The highest BCUT2D eigenvalue weighted by molar-refractivity contribution is 6.09. The third kappa shape index (κ3) is 5.40.